The average Bonchev–Trinajstić information content (AvgIpc) is 2.33. The third-order valence-corrected chi connectivity index (χ3v) is 4.67. The van der Waals surface area contributed by atoms with Gasteiger partial charge in [-0.1, -0.05) is 26.0 Å². The van der Waals surface area contributed by atoms with Crippen LogP contribution in [-0.2, 0) is 11.3 Å². The highest BCUT2D eigenvalue weighted by atomic mass is 127. The quantitative estimate of drug-likeness (QED) is 0.727. The summed E-state index contributed by atoms with van der Waals surface area (Å²) in [5, 5.41) is 0. The van der Waals surface area contributed by atoms with Gasteiger partial charge < -0.3 is 4.74 Å². The molecule has 17 heavy (non-hydrogen) atoms. The SMILES string of the molecule is CC1CCC(OCc2ccc(I)cc2)CC1C. The Kier molecular flexibility index (Phi) is 4.86. The molecule has 3 unspecified atom stereocenters. The molecule has 1 aliphatic carbocycles. The molecule has 1 nitrogen and oxygen atoms in total. The van der Waals surface area contributed by atoms with Crippen LogP contribution in [0.1, 0.15) is 38.7 Å². The van der Waals surface area contributed by atoms with Gasteiger partial charge in [-0.2, -0.15) is 0 Å². The first kappa shape index (κ1) is 13.3. The van der Waals surface area contributed by atoms with Gasteiger partial charge in [0.25, 0.3) is 0 Å². The first-order valence-electron chi connectivity index (χ1n) is 6.51. The summed E-state index contributed by atoms with van der Waals surface area (Å²) in [6.45, 7) is 5.48. The van der Waals surface area contributed by atoms with Crippen LogP contribution in [0.3, 0.4) is 0 Å². The minimum absolute atomic E-state index is 0.473. The van der Waals surface area contributed by atoms with Crippen LogP contribution < -0.4 is 0 Å². The van der Waals surface area contributed by atoms with Gasteiger partial charge in [-0.25, -0.2) is 0 Å². The second-order valence-corrected chi connectivity index (χ2v) is 6.57. The smallest absolute Gasteiger partial charge is 0.0720 e. The van der Waals surface area contributed by atoms with Gasteiger partial charge in [-0.3, -0.25) is 0 Å². The lowest BCUT2D eigenvalue weighted by Crippen LogP contribution is -2.26. The van der Waals surface area contributed by atoms with E-state index in [1.165, 1.54) is 28.4 Å². The molecule has 1 saturated carbocycles. The van der Waals surface area contributed by atoms with Gasteiger partial charge in [0.1, 0.15) is 0 Å². The van der Waals surface area contributed by atoms with E-state index in [-0.39, 0.29) is 0 Å². The number of benzene rings is 1. The van der Waals surface area contributed by atoms with Crippen LogP contribution >= 0.6 is 22.6 Å². The predicted octanol–water partition coefficient (Wildman–Crippen LogP) is 4.63. The Bertz CT molecular complexity index is 346. The number of halogens is 1. The molecule has 2 rings (SSSR count). The molecule has 0 heterocycles. The monoisotopic (exact) mass is 344 g/mol. The van der Waals surface area contributed by atoms with Crippen LogP contribution in [-0.4, -0.2) is 6.10 Å². The van der Waals surface area contributed by atoms with E-state index < -0.39 is 0 Å². The van der Waals surface area contributed by atoms with Crippen LogP contribution in [0, 0.1) is 15.4 Å². The van der Waals surface area contributed by atoms with Crippen molar-refractivity contribution in [3.8, 4) is 0 Å². The summed E-state index contributed by atoms with van der Waals surface area (Å²) in [5.74, 6) is 1.68. The Morgan fingerprint density at radius 3 is 2.47 bits per heavy atom. The van der Waals surface area contributed by atoms with Crippen LogP contribution in [0.15, 0.2) is 24.3 Å². The first-order valence-corrected chi connectivity index (χ1v) is 7.59. The zero-order valence-electron chi connectivity index (χ0n) is 10.7. The molecule has 0 saturated heterocycles. The van der Waals surface area contributed by atoms with E-state index >= 15 is 0 Å². The third kappa shape index (κ3) is 3.95. The summed E-state index contributed by atoms with van der Waals surface area (Å²) in [6, 6.07) is 8.61. The second-order valence-electron chi connectivity index (χ2n) is 5.33. The summed E-state index contributed by atoms with van der Waals surface area (Å²) >= 11 is 2.33. The first-order chi connectivity index (χ1) is 8.15. The van der Waals surface area contributed by atoms with Gasteiger partial charge in [0.2, 0.25) is 0 Å². The number of hydrogen-bond acceptors (Lipinski definition) is 1. The lowest BCUT2D eigenvalue weighted by Gasteiger charge is -2.32. The van der Waals surface area contributed by atoms with Gasteiger partial charge in [0, 0.05) is 3.57 Å². The van der Waals surface area contributed by atoms with E-state index in [1.807, 2.05) is 0 Å². The van der Waals surface area contributed by atoms with Gasteiger partial charge in [-0.05, 0) is 71.4 Å². The molecule has 0 bridgehead atoms. The Labute approximate surface area is 118 Å². The summed E-state index contributed by atoms with van der Waals surface area (Å²) in [7, 11) is 0. The normalized spacial score (nSPS) is 29.2. The zero-order valence-corrected chi connectivity index (χ0v) is 12.8. The predicted molar refractivity (Wildman–Crippen MR) is 79.9 cm³/mol. The van der Waals surface area contributed by atoms with Gasteiger partial charge in [0.15, 0.2) is 0 Å². The van der Waals surface area contributed by atoms with Crippen molar-refractivity contribution in [2.75, 3.05) is 0 Å². The molecular formula is C15H21IO. The number of rotatable bonds is 3. The zero-order chi connectivity index (χ0) is 12.3. The molecular weight excluding hydrogens is 323 g/mol. The van der Waals surface area contributed by atoms with E-state index in [1.54, 1.807) is 0 Å². The maximum Gasteiger partial charge on any atom is 0.0720 e. The molecule has 0 radical (unpaired) electrons. The van der Waals surface area contributed by atoms with Crippen molar-refractivity contribution in [1.82, 2.24) is 0 Å². The molecule has 0 aromatic heterocycles. The number of ether oxygens (including phenoxy) is 1. The largest absolute Gasteiger partial charge is 0.374 e. The molecule has 1 fully saturated rings. The van der Waals surface area contributed by atoms with E-state index in [4.69, 9.17) is 4.74 Å². The lowest BCUT2D eigenvalue weighted by molar-refractivity contribution is -0.00745. The summed E-state index contributed by atoms with van der Waals surface area (Å²) in [4.78, 5) is 0. The number of hydrogen-bond donors (Lipinski definition) is 0. The fraction of sp³-hybridized carbons (Fsp3) is 0.600. The molecule has 0 N–H and O–H groups in total. The van der Waals surface area contributed by atoms with Crippen LogP contribution in [0.25, 0.3) is 0 Å². The molecule has 0 aliphatic heterocycles. The average molecular weight is 344 g/mol. The van der Waals surface area contributed by atoms with Crippen LogP contribution in [0.4, 0.5) is 0 Å². The highest BCUT2D eigenvalue weighted by Crippen LogP contribution is 2.31. The highest BCUT2D eigenvalue weighted by Gasteiger charge is 2.24. The van der Waals surface area contributed by atoms with Crippen molar-refractivity contribution in [2.24, 2.45) is 11.8 Å². The molecule has 1 aromatic rings. The topological polar surface area (TPSA) is 9.23 Å². The van der Waals surface area contributed by atoms with Crippen molar-refractivity contribution in [2.45, 2.75) is 45.8 Å². The highest BCUT2D eigenvalue weighted by molar-refractivity contribution is 14.1. The van der Waals surface area contributed by atoms with Gasteiger partial charge in [-0.15, -0.1) is 0 Å². The lowest BCUT2D eigenvalue weighted by atomic mass is 9.80. The maximum absolute atomic E-state index is 6.03. The van der Waals surface area contributed by atoms with Crippen molar-refractivity contribution < 1.29 is 4.74 Å². The molecule has 94 valence electrons. The van der Waals surface area contributed by atoms with Crippen molar-refractivity contribution in [1.29, 1.82) is 0 Å². The molecule has 0 amide bonds. The van der Waals surface area contributed by atoms with Gasteiger partial charge >= 0.3 is 0 Å². The Hall–Kier alpha value is -0.0900. The molecule has 3 atom stereocenters. The summed E-state index contributed by atoms with van der Waals surface area (Å²) < 4.78 is 7.31. The van der Waals surface area contributed by atoms with Gasteiger partial charge in [0.05, 0.1) is 12.7 Å². The Morgan fingerprint density at radius 2 is 1.82 bits per heavy atom. The summed E-state index contributed by atoms with van der Waals surface area (Å²) in [5.41, 5.74) is 1.29. The second kappa shape index (κ2) is 6.19. The van der Waals surface area contributed by atoms with E-state index in [9.17, 15) is 0 Å². The third-order valence-electron chi connectivity index (χ3n) is 3.95. The fourth-order valence-electron chi connectivity index (χ4n) is 2.44. The Balaban J connectivity index is 1.80. The van der Waals surface area contributed by atoms with E-state index in [0.29, 0.717) is 6.10 Å². The van der Waals surface area contributed by atoms with Crippen molar-refractivity contribution in [3.63, 3.8) is 0 Å². The molecule has 2 heteroatoms. The standard InChI is InChI=1S/C15H21IO/c1-11-3-8-15(9-12(11)2)17-10-13-4-6-14(16)7-5-13/h4-7,11-12,15H,3,8-10H2,1-2H3. The molecule has 1 aliphatic rings. The summed E-state index contributed by atoms with van der Waals surface area (Å²) in [6.07, 6.45) is 4.25. The van der Waals surface area contributed by atoms with Crippen molar-refractivity contribution in [3.05, 3.63) is 33.4 Å². The Morgan fingerprint density at radius 1 is 1.12 bits per heavy atom. The maximum atomic E-state index is 6.03. The fourth-order valence-corrected chi connectivity index (χ4v) is 2.80. The molecule has 0 spiro atoms. The van der Waals surface area contributed by atoms with Crippen LogP contribution in [0.5, 0.6) is 0 Å². The van der Waals surface area contributed by atoms with E-state index in [0.717, 1.165) is 18.4 Å². The molecule has 1 aromatic carbocycles. The van der Waals surface area contributed by atoms with E-state index in [2.05, 4.69) is 60.7 Å². The minimum Gasteiger partial charge on any atom is -0.374 e. The minimum atomic E-state index is 0.473. The van der Waals surface area contributed by atoms with Crippen molar-refractivity contribution >= 4 is 22.6 Å². The van der Waals surface area contributed by atoms with Crippen LogP contribution in [0.2, 0.25) is 0 Å².